The first kappa shape index (κ1) is 14.2. The van der Waals surface area contributed by atoms with E-state index in [4.69, 9.17) is 0 Å². The highest BCUT2D eigenvalue weighted by Gasteiger charge is 2.28. The molecular weight excluding hydrogens is 248 g/mol. The lowest BCUT2D eigenvalue weighted by atomic mass is 9.86. The molecule has 0 heterocycles. The molecule has 0 bridgehead atoms. The number of benzene rings is 2. The van der Waals surface area contributed by atoms with Gasteiger partial charge in [0.25, 0.3) is 0 Å². The van der Waals surface area contributed by atoms with Gasteiger partial charge in [0, 0.05) is 6.42 Å². The lowest BCUT2D eigenvalue weighted by Gasteiger charge is -2.26. The molecule has 0 atom stereocenters. The predicted octanol–water partition coefficient (Wildman–Crippen LogP) is 3.46. The quantitative estimate of drug-likeness (QED) is 0.841. The van der Waals surface area contributed by atoms with Gasteiger partial charge in [-0.2, -0.15) is 0 Å². The van der Waals surface area contributed by atoms with Crippen molar-refractivity contribution in [2.75, 3.05) is 0 Å². The molecule has 0 amide bonds. The molecule has 0 radical (unpaired) electrons. The smallest absolute Gasteiger partial charge is 0.155 e. The minimum absolute atomic E-state index is 0.00436. The number of hydrogen-bond donors (Lipinski definition) is 1. The van der Waals surface area contributed by atoms with E-state index >= 15 is 0 Å². The van der Waals surface area contributed by atoms with E-state index in [2.05, 4.69) is 0 Å². The van der Waals surface area contributed by atoms with E-state index < -0.39 is 5.60 Å². The van der Waals surface area contributed by atoms with E-state index in [1.165, 1.54) is 6.08 Å². The second-order valence-corrected chi connectivity index (χ2v) is 4.65. The highest BCUT2D eigenvalue weighted by Crippen LogP contribution is 2.30. The molecule has 0 aliphatic heterocycles. The van der Waals surface area contributed by atoms with Gasteiger partial charge in [-0.1, -0.05) is 67.6 Å². The molecular formula is C18H18O2. The number of carbonyl (C=O) groups excluding carboxylic acids is 1. The SMILES string of the molecule is CCC(=O)/C=C/C(O)(c1ccccc1)c1ccccc1. The monoisotopic (exact) mass is 266 g/mol. The summed E-state index contributed by atoms with van der Waals surface area (Å²) >= 11 is 0. The third kappa shape index (κ3) is 3.03. The van der Waals surface area contributed by atoms with Crippen LogP contribution in [-0.4, -0.2) is 10.9 Å². The molecule has 2 rings (SSSR count). The first-order chi connectivity index (χ1) is 9.66. The Morgan fingerprint density at radius 2 is 1.45 bits per heavy atom. The number of allylic oxidation sites excluding steroid dienone is 1. The summed E-state index contributed by atoms with van der Waals surface area (Å²) in [5.74, 6) is -0.00436. The maximum atomic E-state index is 11.5. The summed E-state index contributed by atoms with van der Waals surface area (Å²) in [5, 5.41) is 11.1. The topological polar surface area (TPSA) is 37.3 Å². The van der Waals surface area contributed by atoms with Crippen LogP contribution < -0.4 is 0 Å². The lowest BCUT2D eigenvalue weighted by molar-refractivity contribution is -0.114. The van der Waals surface area contributed by atoms with E-state index in [1.54, 1.807) is 13.0 Å². The van der Waals surface area contributed by atoms with Crippen LogP contribution in [0.3, 0.4) is 0 Å². The van der Waals surface area contributed by atoms with Gasteiger partial charge in [0.15, 0.2) is 5.78 Å². The van der Waals surface area contributed by atoms with Crippen LogP contribution in [0.5, 0.6) is 0 Å². The molecule has 102 valence electrons. The zero-order valence-corrected chi connectivity index (χ0v) is 11.5. The van der Waals surface area contributed by atoms with Gasteiger partial charge < -0.3 is 5.11 Å². The first-order valence-electron chi connectivity index (χ1n) is 6.72. The summed E-state index contributed by atoms with van der Waals surface area (Å²) in [7, 11) is 0. The molecule has 2 heteroatoms. The zero-order valence-electron chi connectivity index (χ0n) is 11.5. The fraction of sp³-hybridized carbons (Fsp3) is 0.167. The van der Waals surface area contributed by atoms with Crippen LogP contribution >= 0.6 is 0 Å². The van der Waals surface area contributed by atoms with Crippen LogP contribution in [0.2, 0.25) is 0 Å². The predicted molar refractivity (Wildman–Crippen MR) is 80.3 cm³/mol. The highest BCUT2D eigenvalue weighted by atomic mass is 16.3. The van der Waals surface area contributed by atoms with Crippen LogP contribution in [0.1, 0.15) is 24.5 Å². The minimum Gasteiger partial charge on any atom is -0.377 e. The van der Waals surface area contributed by atoms with Crippen molar-refractivity contribution in [3.63, 3.8) is 0 Å². The second-order valence-electron chi connectivity index (χ2n) is 4.65. The Kier molecular flexibility index (Phi) is 4.49. The Hall–Kier alpha value is -2.19. The van der Waals surface area contributed by atoms with Crippen molar-refractivity contribution in [2.45, 2.75) is 18.9 Å². The summed E-state index contributed by atoms with van der Waals surface area (Å²) < 4.78 is 0. The molecule has 2 aromatic carbocycles. The Bertz CT molecular complexity index is 546. The molecule has 2 nitrogen and oxygen atoms in total. The van der Waals surface area contributed by atoms with Crippen LogP contribution in [0, 0.1) is 0 Å². The Morgan fingerprint density at radius 1 is 1.00 bits per heavy atom. The second kappa shape index (κ2) is 6.31. The van der Waals surface area contributed by atoms with Crippen LogP contribution in [0.4, 0.5) is 0 Å². The van der Waals surface area contributed by atoms with Crippen molar-refractivity contribution in [3.05, 3.63) is 83.9 Å². The van der Waals surface area contributed by atoms with E-state index in [-0.39, 0.29) is 5.78 Å². The summed E-state index contributed by atoms with van der Waals surface area (Å²) in [6.45, 7) is 1.80. The molecule has 2 aromatic rings. The molecule has 0 saturated carbocycles. The Morgan fingerprint density at radius 3 is 1.85 bits per heavy atom. The third-order valence-electron chi connectivity index (χ3n) is 3.29. The van der Waals surface area contributed by atoms with Crippen molar-refractivity contribution < 1.29 is 9.90 Å². The number of aliphatic hydroxyl groups is 1. The number of ketones is 1. The molecule has 0 fully saturated rings. The van der Waals surface area contributed by atoms with Gasteiger partial charge >= 0.3 is 0 Å². The van der Waals surface area contributed by atoms with Crippen LogP contribution in [0.25, 0.3) is 0 Å². The van der Waals surface area contributed by atoms with Gasteiger partial charge in [-0.25, -0.2) is 0 Å². The van der Waals surface area contributed by atoms with E-state index in [1.807, 2.05) is 60.7 Å². The van der Waals surface area contributed by atoms with Crippen molar-refractivity contribution in [3.8, 4) is 0 Å². The summed E-state index contributed by atoms with van der Waals surface area (Å²) in [5.41, 5.74) is 0.200. The van der Waals surface area contributed by atoms with Crippen molar-refractivity contribution >= 4 is 5.78 Å². The molecule has 0 aliphatic rings. The van der Waals surface area contributed by atoms with Gasteiger partial charge in [0.1, 0.15) is 5.60 Å². The van der Waals surface area contributed by atoms with Crippen molar-refractivity contribution in [1.29, 1.82) is 0 Å². The Balaban J connectivity index is 2.49. The standard InChI is InChI=1S/C18H18O2/c1-2-17(19)13-14-18(20,15-9-5-3-6-10-15)16-11-7-4-8-12-16/h3-14,20H,2H2,1H3/b14-13+. The highest BCUT2D eigenvalue weighted by molar-refractivity contribution is 5.89. The van der Waals surface area contributed by atoms with Crippen molar-refractivity contribution in [1.82, 2.24) is 0 Å². The van der Waals surface area contributed by atoms with Crippen LogP contribution in [0.15, 0.2) is 72.8 Å². The zero-order chi connectivity index (χ0) is 14.4. The largest absolute Gasteiger partial charge is 0.377 e. The Labute approximate surface area is 119 Å². The molecule has 0 unspecified atom stereocenters. The minimum atomic E-state index is -1.28. The normalized spacial score (nSPS) is 11.7. The molecule has 20 heavy (non-hydrogen) atoms. The number of carbonyl (C=O) groups is 1. The van der Waals surface area contributed by atoms with Crippen LogP contribution in [-0.2, 0) is 10.4 Å². The van der Waals surface area contributed by atoms with Gasteiger partial charge in [-0.3, -0.25) is 4.79 Å². The molecule has 0 aromatic heterocycles. The van der Waals surface area contributed by atoms with Gasteiger partial charge in [-0.05, 0) is 23.3 Å². The fourth-order valence-corrected chi connectivity index (χ4v) is 2.08. The van der Waals surface area contributed by atoms with E-state index in [0.717, 1.165) is 11.1 Å². The molecule has 1 N–H and O–H groups in total. The lowest BCUT2D eigenvalue weighted by Crippen LogP contribution is -2.24. The number of rotatable bonds is 5. The van der Waals surface area contributed by atoms with E-state index in [9.17, 15) is 9.90 Å². The average Bonchev–Trinajstić information content (AvgIpc) is 2.54. The summed E-state index contributed by atoms with van der Waals surface area (Å²) in [6.07, 6.45) is 3.46. The summed E-state index contributed by atoms with van der Waals surface area (Å²) in [6, 6.07) is 18.7. The maximum absolute atomic E-state index is 11.5. The summed E-state index contributed by atoms with van der Waals surface area (Å²) in [4.78, 5) is 11.5. The van der Waals surface area contributed by atoms with E-state index in [0.29, 0.717) is 6.42 Å². The fourth-order valence-electron chi connectivity index (χ4n) is 2.08. The number of hydrogen-bond acceptors (Lipinski definition) is 2. The van der Waals surface area contributed by atoms with Gasteiger partial charge in [0.2, 0.25) is 0 Å². The molecule has 0 saturated heterocycles. The van der Waals surface area contributed by atoms with Crippen molar-refractivity contribution in [2.24, 2.45) is 0 Å². The van der Waals surface area contributed by atoms with Gasteiger partial charge in [0.05, 0.1) is 0 Å². The first-order valence-corrected chi connectivity index (χ1v) is 6.72. The maximum Gasteiger partial charge on any atom is 0.155 e. The third-order valence-corrected chi connectivity index (χ3v) is 3.29. The molecule has 0 aliphatic carbocycles. The molecule has 0 spiro atoms. The average molecular weight is 266 g/mol. The van der Waals surface area contributed by atoms with Gasteiger partial charge in [-0.15, -0.1) is 0 Å².